The van der Waals surface area contributed by atoms with Gasteiger partial charge in [0.25, 0.3) is 0 Å². The van der Waals surface area contributed by atoms with Gasteiger partial charge in [0.05, 0.1) is 0 Å². The number of nitrogens with two attached hydrogens (primary N) is 1. The van der Waals surface area contributed by atoms with E-state index in [1.807, 2.05) is 0 Å². The van der Waals surface area contributed by atoms with E-state index in [2.05, 4.69) is 6.92 Å². The first-order chi connectivity index (χ1) is 4.41. The van der Waals surface area contributed by atoms with Crippen molar-refractivity contribution in [1.29, 1.82) is 0 Å². The van der Waals surface area contributed by atoms with Gasteiger partial charge in [0.15, 0.2) is 0 Å². The second-order valence-electron chi connectivity index (χ2n) is 2.20. The molecule has 0 rings (SSSR count). The molecule has 0 spiro atoms. The number of rotatable bonds is 6. The summed E-state index contributed by atoms with van der Waals surface area (Å²) in [7, 11) is 0. The number of halogens is 2. The summed E-state index contributed by atoms with van der Waals surface area (Å²) in [4.78, 5) is 0. The zero-order chi connectivity index (χ0) is 6.95. The van der Waals surface area contributed by atoms with Crippen LogP contribution >= 0.6 is 0 Å². The van der Waals surface area contributed by atoms with E-state index in [1.165, 1.54) is 23.7 Å². The standard InChI is InChI=1S/C5H12N.C2H5.2ClH.Sn/c1-2-3-4-5-6;1-2;;;/h1-6H2;1H2,2H3;2*1H;/q;;;;+2/p-2. The van der Waals surface area contributed by atoms with Crippen molar-refractivity contribution in [1.82, 2.24) is 0 Å². The fraction of sp³-hybridized carbons (Fsp3) is 1.00. The van der Waals surface area contributed by atoms with Gasteiger partial charge >= 0.3 is 68.5 Å². The van der Waals surface area contributed by atoms with Crippen LogP contribution in [0.15, 0.2) is 0 Å². The molecule has 0 bridgehead atoms. The normalized spacial score (nSPS) is 7.45. The van der Waals surface area contributed by atoms with Crippen LogP contribution in [-0.2, 0) is 0 Å². The monoisotopic (exact) mass is 305 g/mol. The third-order valence-electron chi connectivity index (χ3n) is 1.31. The zero-order valence-electron chi connectivity index (χ0n) is 7.08. The Balaban J connectivity index is -0.000000320. The third-order valence-corrected chi connectivity index (χ3v) is 4.75. The minimum absolute atomic E-state index is 0. The molecule has 0 aromatic heterocycles. The Morgan fingerprint density at radius 1 is 1.09 bits per heavy atom. The van der Waals surface area contributed by atoms with Crippen LogP contribution in [0.25, 0.3) is 0 Å². The molecule has 0 amide bonds. The summed E-state index contributed by atoms with van der Waals surface area (Å²) < 4.78 is 3.08. The van der Waals surface area contributed by atoms with Gasteiger partial charge in [0.1, 0.15) is 0 Å². The van der Waals surface area contributed by atoms with Gasteiger partial charge in [0.2, 0.25) is 0 Å². The number of hydrogen-bond donors (Lipinski definition) is 1. The van der Waals surface area contributed by atoms with E-state index in [4.69, 9.17) is 5.73 Å². The van der Waals surface area contributed by atoms with Gasteiger partial charge in [-0.2, -0.15) is 0 Å². The van der Waals surface area contributed by atoms with E-state index < -0.39 is 0 Å². The van der Waals surface area contributed by atoms with E-state index >= 15 is 0 Å². The van der Waals surface area contributed by atoms with Crippen LogP contribution in [0.3, 0.4) is 0 Å². The molecule has 68 valence electrons. The fourth-order valence-corrected chi connectivity index (χ4v) is 3.18. The van der Waals surface area contributed by atoms with Crippen LogP contribution < -0.4 is 30.5 Å². The average Bonchev–Trinajstić information content (AvgIpc) is 1.89. The molecular weight excluding hydrogens is 288 g/mol. The van der Waals surface area contributed by atoms with Crippen LogP contribution in [0.2, 0.25) is 8.87 Å². The second-order valence-corrected chi connectivity index (χ2v) is 7.08. The SMILES string of the molecule is C[CH2][Sn+2][CH2]CCCCN.[Cl-].[Cl-]. The minimum atomic E-state index is 0. The smallest absolute Gasteiger partial charge is 1.00 e. The Bertz CT molecular complexity index is 49.7. The molecule has 11 heavy (non-hydrogen) atoms. The summed E-state index contributed by atoms with van der Waals surface area (Å²) in [6, 6.07) is 0. The molecule has 4 heteroatoms. The van der Waals surface area contributed by atoms with Crippen molar-refractivity contribution in [2.45, 2.75) is 35.1 Å². The van der Waals surface area contributed by atoms with E-state index in [0.29, 0.717) is 0 Å². The van der Waals surface area contributed by atoms with Crippen molar-refractivity contribution in [3.05, 3.63) is 0 Å². The van der Waals surface area contributed by atoms with Crippen LogP contribution in [-0.4, -0.2) is 27.7 Å². The minimum Gasteiger partial charge on any atom is -1.00 e. The molecule has 0 aliphatic heterocycles. The third kappa shape index (κ3) is 18.4. The maximum Gasteiger partial charge on any atom is -1.00 e. The van der Waals surface area contributed by atoms with Gasteiger partial charge < -0.3 is 24.8 Å². The summed E-state index contributed by atoms with van der Waals surface area (Å²) >= 11 is 0.120. The van der Waals surface area contributed by atoms with Crippen molar-refractivity contribution in [3.8, 4) is 0 Å². The van der Waals surface area contributed by atoms with Gasteiger partial charge in [-0.05, 0) is 0 Å². The predicted octanol–water partition coefficient (Wildman–Crippen LogP) is -4.32. The fourth-order valence-electron chi connectivity index (χ4n) is 0.748. The van der Waals surface area contributed by atoms with Crippen molar-refractivity contribution in [2.75, 3.05) is 6.54 Å². The quantitative estimate of drug-likeness (QED) is 0.390. The molecule has 1 nitrogen and oxygen atoms in total. The molecule has 2 N–H and O–H groups in total. The Morgan fingerprint density at radius 3 is 2.18 bits per heavy atom. The molecule has 0 aliphatic carbocycles. The van der Waals surface area contributed by atoms with Gasteiger partial charge in [-0.3, -0.25) is 0 Å². The molecule has 0 saturated carbocycles. The summed E-state index contributed by atoms with van der Waals surface area (Å²) in [5, 5.41) is 0. The maximum absolute atomic E-state index is 5.36. The first-order valence-electron chi connectivity index (χ1n) is 3.82. The van der Waals surface area contributed by atoms with Crippen LogP contribution in [0.4, 0.5) is 0 Å². The molecule has 0 heterocycles. The molecule has 0 radical (unpaired) electrons. The molecule has 0 fully saturated rings. The van der Waals surface area contributed by atoms with E-state index in [-0.39, 0.29) is 46.0 Å². The van der Waals surface area contributed by atoms with E-state index in [1.54, 1.807) is 4.44 Å². The first-order valence-corrected chi connectivity index (χ1v) is 7.86. The predicted molar refractivity (Wildman–Crippen MR) is 43.9 cm³/mol. The molecule has 0 aromatic rings. The first kappa shape index (κ1) is 18.2. The Morgan fingerprint density at radius 2 is 1.73 bits per heavy atom. The molecule has 0 saturated heterocycles. The zero-order valence-corrected chi connectivity index (χ0v) is 11.4. The molecular formula is C7H17Cl2NSn. The van der Waals surface area contributed by atoms with Crippen LogP contribution in [0.1, 0.15) is 26.2 Å². The van der Waals surface area contributed by atoms with E-state index in [0.717, 1.165) is 6.54 Å². The van der Waals surface area contributed by atoms with Crippen LogP contribution in [0.5, 0.6) is 0 Å². The Hall–Kier alpha value is 1.34. The van der Waals surface area contributed by atoms with Gasteiger partial charge in [-0.25, -0.2) is 0 Å². The van der Waals surface area contributed by atoms with Gasteiger partial charge in [-0.15, -0.1) is 0 Å². The number of unbranched alkanes of at least 4 members (excludes halogenated alkanes) is 2. The summed E-state index contributed by atoms with van der Waals surface area (Å²) in [6.07, 6.45) is 4.07. The summed E-state index contributed by atoms with van der Waals surface area (Å²) in [6.45, 7) is 3.20. The van der Waals surface area contributed by atoms with Crippen molar-refractivity contribution in [3.63, 3.8) is 0 Å². The maximum atomic E-state index is 5.36. The largest absolute Gasteiger partial charge is 1.00 e. The summed E-state index contributed by atoms with van der Waals surface area (Å²) in [5.41, 5.74) is 5.36. The Labute approximate surface area is 92.9 Å². The summed E-state index contributed by atoms with van der Waals surface area (Å²) in [5.74, 6) is 0. The van der Waals surface area contributed by atoms with E-state index in [9.17, 15) is 0 Å². The molecule has 0 atom stereocenters. The van der Waals surface area contributed by atoms with Gasteiger partial charge in [-0.1, -0.05) is 0 Å². The number of hydrogen-bond acceptors (Lipinski definition) is 1. The Kier molecular flexibility index (Phi) is 28.8. The molecule has 0 aromatic carbocycles. The van der Waals surface area contributed by atoms with Crippen molar-refractivity contribution < 1.29 is 24.8 Å². The second kappa shape index (κ2) is 17.4. The molecule has 0 unspecified atom stereocenters. The molecule has 0 aliphatic rings. The van der Waals surface area contributed by atoms with Crippen molar-refractivity contribution in [2.24, 2.45) is 5.73 Å². The van der Waals surface area contributed by atoms with Crippen molar-refractivity contribution >= 4 is 21.1 Å². The average molecular weight is 305 g/mol. The topological polar surface area (TPSA) is 26.0 Å². The van der Waals surface area contributed by atoms with Gasteiger partial charge in [0, 0.05) is 0 Å². The van der Waals surface area contributed by atoms with Crippen LogP contribution in [0, 0.1) is 0 Å².